The maximum Gasteiger partial charge on any atom is 0.216 e. The van der Waals surface area contributed by atoms with Crippen molar-refractivity contribution in [2.75, 3.05) is 33.8 Å². The molecule has 0 aromatic heterocycles. The van der Waals surface area contributed by atoms with Gasteiger partial charge in [0, 0.05) is 19.1 Å². The Balaban J connectivity index is 1.61. The molecular formula is C13H24N2O3S. The van der Waals surface area contributed by atoms with E-state index in [1.807, 2.05) is 0 Å². The Morgan fingerprint density at radius 2 is 1.84 bits per heavy atom. The molecule has 0 amide bonds. The first-order valence-corrected chi connectivity index (χ1v) is 8.73. The van der Waals surface area contributed by atoms with Gasteiger partial charge in [0.1, 0.15) is 0 Å². The largest absolute Gasteiger partial charge is 0.373 e. The number of hydrogen-bond acceptors (Lipinski definition) is 4. The van der Waals surface area contributed by atoms with E-state index in [2.05, 4.69) is 19.0 Å². The van der Waals surface area contributed by atoms with Gasteiger partial charge in [0.15, 0.2) is 0 Å². The van der Waals surface area contributed by atoms with Crippen LogP contribution in [-0.4, -0.2) is 68.3 Å². The van der Waals surface area contributed by atoms with Gasteiger partial charge in [0.05, 0.1) is 17.5 Å². The molecule has 6 heteroatoms. The molecular weight excluding hydrogens is 264 g/mol. The lowest BCUT2D eigenvalue weighted by Crippen LogP contribution is -2.47. The predicted molar refractivity (Wildman–Crippen MR) is 73.5 cm³/mol. The van der Waals surface area contributed by atoms with Gasteiger partial charge in [0.25, 0.3) is 0 Å². The van der Waals surface area contributed by atoms with E-state index in [4.69, 9.17) is 4.74 Å². The molecule has 3 aliphatic rings. The monoisotopic (exact) mass is 288 g/mol. The fraction of sp³-hybridized carbons (Fsp3) is 1.00. The second kappa shape index (κ2) is 4.69. The summed E-state index contributed by atoms with van der Waals surface area (Å²) in [5, 5.41) is -0.0828. The molecule has 2 aliphatic heterocycles. The van der Waals surface area contributed by atoms with Gasteiger partial charge in [-0.2, -0.15) is 0 Å². The van der Waals surface area contributed by atoms with Crippen LogP contribution < -0.4 is 0 Å². The van der Waals surface area contributed by atoms with Crippen LogP contribution >= 0.6 is 0 Å². The topological polar surface area (TPSA) is 49.9 Å². The van der Waals surface area contributed by atoms with E-state index in [0.717, 1.165) is 38.7 Å². The average Bonchev–Trinajstić information content (AvgIpc) is 3.14. The van der Waals surface area contributed by atoms with Crippen LogP contribution in [0.5, 0.6) is 0 Å². The Bertz CT molecular complexity index is 437. The summed E-state index contributed by atoms with van der Waals surface area (Å²) in [4.78, 5) is 2.21. The Labute approximate surface area is 115 Å². The molecule has 1 atom stereocenters. The number of piperidine rings is 1. The van der Waals surface area contributed by atoms with E-state index in [0.29, 0.717) is 19.1 Å². The highest BCUT2D eigenvalue weighted by molar-refractivity contribution is 7.90. The van der Waals surface area contributed by atoms with Crippen molar-refractivity contribution in [3.8, 4) is 0 Å². The summed E-state index contributed by atoms with van der Waals surface area (Å²) in [5.74, 6) is 0. The number of hydrogen-bond donors (Lipinski definition) is 0. The molecule has 2 saturated heterocycles. The summed E-state index contributed by atoms with van der Waals surface area (Å²) >= 11 is 0. The molecule has 2 heterocycles. The fourth-order valence-corrected chi connectivity index (χ4v) is 5.07. The normalized spacial score (nSPS) is 32.3. The Morgan fingerprint density at radius 3 is 2.32 bits per heavy atom. The second-order valence-corrected chi connectivity index (χ2v) is 8.67. The van der Waals surface area contributed by atoms with Gasteiger partial charge in [-0.1, -0.05) is 0 Å². The standard InChI is InChI=1S/C13H24N2O3S/c1-14(2)11-9-13(18-10-11)5-7-15(8-6-13)19(16,17)12-3-4-12/h11-12H,3-10H2,1-2H3/t11-/m0/s1. The smallest absolute Gasteiger partial charge is 0.216 e. The van der Waals surface area contributed by atoms with Gasteiger partial charge in [-0.25, -0.2) is 12.7 Å². The van der Waals surface area contributed by atoms with E-state index < -0.39 is 10.0 Å². The molecule has 5 nitrogen and oxygen atoms in total. The van der Waals surface area contributed by atoms with Crippen molar-refractivity contribution in [3.05, 3.63) is 0 Å². The summed E-state index contributed by atoms with van der Waals surface area (Å²) in [5.41, 5.74) is -0.0650. The van der Waals surface area contributed by atoms with E-state index in [1.165, 1.54) is 0 Å². The van der Waals surface area contributed by atoms with E-state index >= 15 is 0 Å². The van der Waals surface area contributed by atoms with Gasteiger partial charge < -0.3 is 9.64 Å². The molecule has 0 aromatic rings. The van der Waals surface area contributed by atoms with Crippen LogP contribution in [-0.2, 0) is 14.8 Å². The molecule has 3 rings (SSSR count). The van der Waals surface area contributed by atoms with Crippen LogP contribution in [0.3, 0.4) is 0 Å². The Kier molecular flexibility index (Phi) is 3.40. The summed E-state index contributed by atoms with van der Waals surface area (Å²) in [6.45, 7) is 2.06. The first-order valence-electron chi connectivity index (χ1n) is 7.22. The van der Waals surface area contributed by atoms with Crippen molar-refractivity contribution in [3.63, 3.8) is 0 Å². The molecule has 0 aromatic carbocycles. The van der Waals surface area contributed by atoms with Crippen molar-refractivity contribution >= 4 is 10.0 Å². The summed E-state index contributed by atoms with van der Waals surface area (Å²) in [6.07, 6.45) is 4.44. The molecule has 110 valence electrons. The average molecular weight is 288 g/mol. The lowest BCUT2D eigenvalue weighted by atomic mass is 9.88. The lowest BCUT2D eigenvalue weighted by Gasteiger charge is -2.38. The van der Waals surface area contributed by atoms with Crippen LogP contribution in [0.1, 0.15) is 32.1 Å². The molecule has 0 unspecified atom stereocenters. The van der Waals surface area contributed by atoms with E-state index in [1.54, 1.807) is 4.31 Å². The zero-order valence-corrected chi connectivity index (χ0v) is 12.7. The van der Waals surface area contributed by atoms with E-state index in [9.17, 15) is 8.42 Å². The molecule has 0 radical (unpaired) electrons. The van der Waals surface area contributed by atoms with Crippen LogP contribution in [0.15, 0.2) is 0 Å². The number of ether oxygens (including phenoxy) is 1. The van der Waals surface area contributed by atoms with Crippen molar-refractivity contribution in [2.45, 2.75) is 49.0 Å². The molecule has 19 heavy (non-hydrogen) atoms. The van der Waals surface area contributed by atoms with Crippen molar-refractivity contribution in [2.24, 2.45) is 0 Å². The minimum Gasteiger partial charge on any atom is -0.373 e. The van der Waals surface area contributed by atoms with E-state index in [-0.39, 0.29) is 10.9 Å². The molecule has 3 fully saturated rings. The molecule has 1 aliphatic carbocycles. The van der Waals surface area contributed by atoms with Gasteiger partial charge in [-0.05, 0) is 46.2 Å². The maximum atomic E-state index is 12.2. The first-order chi connectivity index (χ1) is 8.93. The second-order valence-electron chi connectivity index (χ2n) is 6.46. The fourth-order valence-electron chi connectivity index (χ4n) is 3.23. The molecule has 1 spiro atoms. The maximum absolute atomic E-state index is 12.2. The zero-order chi connectivity index (χ0) is 13.7. The van der Waals surface area contributed by atoms with Gasteiger partial charge in [0.2, 0.25) is 10.0 Å². The van der Waals surface area contributed by atoms with Gasteiger partial charge in [-0.3, -0.25) is 0 Å². The third-order valence-electron chi connectivity index (χ3n) is 4.86. The highest BCUT2D eigenvalue weighted by Crippen LogP contribution is 2.39. The lowest BCUT2D eigenvalue weighted by molar-refractivity contribution is -0.0315. The summed E-state index contributed by atoms with van der Waals surface area (Å²) in [7, 11) is 1.17. The third kappa shape index (κ3) is 2.55. The Hall–Kier alpha value is -0.170. The molecule has 0 bridgehead atoms. The molecule has 1 saturated carbocycles. The van der Waals surface area contributed by atoms with Crippen molar-refractivity contribution < 1.29 is 13.2 Å². The number of nitrogens with zero attached hydrogens (tertiary/aromatic N) is 2. The highest BCUT2D eigenvalue weighted by atomic mass is 32.2. The van der Waals surface area contributed by atoms with Crippen LogP contribution in [0.2, 0.25) is 0 Å². The minimum atomic E-state index is -3.00. The zero-order valence-electron chi connectivity index (χ0n) is 11.8. The third-order valence-corrected chi connectivity index (χ3v) is 7.26. The van der Waals surface area contributed by atoms with Crippen LogP contribution in [0, 0.1) is 0 Å². The minimum absolute atomic E-state index is 0.0650. The van der Waals surface area contributed by atoms with Gasteiger partial charge in [-0.15, -0.1) is 0 Å². The quantitative estimate of drug-likeness (QED) is 0.766. The number of likely N-dealkylation sites (N-methyl/N-ethyl adjacent to an activating group) is 1. The van der Waals surface area contributed by atoms with Crippen molar-refractivity contribution in [1.29, 1.82) is 0 Å². The SMILES string of the molecule is CN(C)[C@@H]1COC2(CCN(S(=O)(=O)C3CC3)CC2)C1. The summed E-state index contributed by atoms with van der Waals surface area (Å²) in [6, 6.07) is 0.478. The van der Waals surface area contributed by atoms with Crippen molar-refractivity contribution in [1.82, 2.24) is 9.21 Å². The number of sulfonamides is 1. The Morgan fingerprint density at radius 1 is 1.21 bits per heavy atom. The van der Waals surface area contributed by atoms with Crippen LogP contribution in [0.25, 0.3) is 0 Å². The number of rotatable bonds is 3. The predicted octanol–water partition coefficient (Wildman–Crippen LogP) is 0.664. The highest BCUT2D eigenvalue weighted by Gasteiger charge is 2.47. The first kappa shape index (κ1) is 13.8. The van der Waals surface area contributed by atoms with Crippen LogP contribution in [0.4, 0.5) is 0 Å². The van der Waals surface area contributed by atoms with Gasteiger partial charge >= 0.3 is 0 Å². The molecule has 0 N–H and O–H groups in total. The summed E-state index contributed by atoms with van der Waals surface area (Å²) < 4.78 is 32.1.